The Hall–Kier alpha value is -2.08. The Morgan fingerprint density at radius 3 is 2.83 bits per heavy atom. The molecule has 0 saturated carbocycles. The minimum Gasteiger partial charge on any atom is -0.247 e. The lowest BCUT2D eigenvalue weighted by atomic mass is 10.2. The van der Waals surface area contributed by atoms with Crippen LogP contribution < -0.4 is 5.69 Å². The van der Waals surface area contributed by atoms with Crippen molar-refractivity contribution < 1.29 is 0 Å². The first-order chi connectivity index (χ1) is 8.74. The van der Waals surface area contributed by atoms with E-state index in [0.29, 0.717) is 10.7 Å². The maximum absolute atomic E-state index is 11.4. The summed E-state index contributed by atoms with van der Waals surface area (Å²) in [6.45, 7) is 2.04. The molecule has 0 fully saturated rings. The van der Waals surface area contributed by atoms with Gasteiger partial charge in [0.2, 0.25) is 0 Å². The SMILES string of the molecule is Cc1ccc(Sc2nccn3c(=O)[nH]nc23)cc1. The van der Waals surface area contributed by atoms with Crippen LogP contribution in [0.1, 0.15) is 5.56 Å². The van der Waals surface area contributed by atoms with Gasteiger partial charge < -0.3 is 0 Å². The summed E-state index contributed by atoms with van der Waals surface area (Å²) in [6, 6.07) is 8.13. The van der Waals surface area contributed by atoms with Crippen molar-refractivity contribution in [3.63, 3.8) is 0 Å². The number of rotatable bonds is 2. The Morgan fingerprint density at radius 2 is 2.06 bits per heavy atom. The maximum atomic E-state index is 11.4. The van der Waals surface area contributed by atoms with Crippen molar-refractivity contribution in [3.8, 4) is 0 Å². The fourth-order valence-corrected chi connectivity index (χ4v) is 2.45. The molecule has 1 N–H and O–H groups in total. The van der Waals surface area contributed by atoms with Gasteiger partial charge in [-0.15, -0.1) is 5.10 Å². The van der Waals surface area contributed by atoms with E-state index in [0.717, 1.165) is 4.90 Å². The van der Waals surface area contributed by atoms with Gasteiger partial charge in [0.05, 0.1) is 0 Å². The molecule has 0 aliphatic carbocycles. The van der Waals surface area contributed by atoms with E-state index in [2.05, 4.69) is 15.2 Å². The largest absolute Gasteiger partial charge is 0.347 e. The molecule has 2 heterocycles. The van der Waals surface area contributed by atoms with Crippen LogP contribution in [0.3, 0.4) is 0 Å². The Labute approximate surface area is 107 Å². The quantitative estimate of drug-likeness (QED) is 0.762. The normalized spacial score (nSPS) is 10.9. The van der Waals surface area contributed by atoms with Gasteiger partial charge >= 0.3 is 5.69 Å². The highest BCUT2D eigenvalue weighted by Gasteiger charge is 2.08. The summed E-state index contributed by atoms with van der Waals surface area (Å²) >= 11 is 1.49. The van der Waals surface area contributed by atoms with Crippen LogP contribution in [0.25, 0.3) is 5.65 Å². The lowest BCUT2D eigenvalue weighted by Gasteiger charge is -2.01. The molecule has 1 aromatic carbocycles. The van der Waals surface area contributed by atoms with Crippen molar-refractivity contribution in [1.29, 1.82) is 0 Å². The van der Waals surface area contributed by atoms with E-state index in [9.17, 15) is 4.79 Å². The predicted molar refractivity (Wildman–Crippen MR) is 68.9 cm³/mol. The summed E-state index contributed by atoms with van der Waals surface area (Å²) in [5.41, 5.74) is 1.51. The van der Waals surface area contributed by atoms with Gasteiger partial charge in [-0.2, -0.15) is 0 Å². The van der Waals surface area contributed by atoms with Gasteiger partial charge in [-0.05, 0) is 19.1 Å². The van der Waals surface area contributed by atoms with E-state index in [-0.39, 0.29) is 5.69 Å². The number of nitrogens with zero attached hydrogens (tertiary/aromatic N) is 3. The number of benzene rings is 1. The smallest absolute Gasteiger partial charge is 0.247 e. The second-order valence-electron chi connectivity index (χ2n) is 3.87. The van der Waals surface area contributed by atoms with Crippen LogP contribution in [0.2, 0.25) is 0 Å². The van der Waals surface area contributed by atoms with Crippen molar-refractivity contribution in [2.24, 2.45) is 0 Å². The molecular weight excluding hydrogens is 248 g/mol. The van der Waals surface area contributed by atoms with E-state index in [4.69, 9.17) is 0 Å². The van der Waals surface area contributed by atoms with Gasteiger partial charge in [-0.3, -0.25) is 0 Å². The van der Waals surface area contributed by atoms with Crippen LogP contribution in [0, 0.1) is 6.92 Å². The molecule has 6 heteroatoms. The summed E-state index contributed by atoms with van der Waals surface area (Å²) in [5, 5.41) is 7.10. The first-order valence-corrected chi connectivity index (χ1v) is 6.22. The molecule has 0 amide bonds. The van der Waals surface area contributed by atoms with Crippen molar-refractivity contribution in [3.05, 3.63) is 52.7 Å². The molecule has 0 unspecified atom stereocenters. The molecule has 2 aromatic heterocycles. The Balaban J connectivity index is 2.04. The van der Waals surface area contributed by atoms with Crippen molar-refractivity contribution in [2.75, 3.05) is 0 Å². The molecule has 0 aliphatic rings. The zero-order valence-electron chi connectivity index (χ0n) is 9.62. The Morgan fingerprint density at radius 1 is 1.28 bits per heavy atom. The number of aryl methyl sites for hydroxylation is 1. The minimum absolute atomic E-state index is 0.252. The van der Waals surface area contributed by atoms with Gasteiger partial charge in [0.15, 0.2) is 5.65 Å². The Bertz CT molecular complexity index is 745. The van der Waals surface area contributed by atoms with Crippen LogP contribution in [0.15, 0.2) is 51.4 Å². The molecule has 0 spiro atoms. The van der Waals surface area contributed by atoms with E-state index in [1.807, 2.05) is 31.2 Å². The van der Waals surface area contributed by atoms with Crippen LogP contribution in [-0.2, 0) is 0 Å². The molecule has 0 radical (unpaired) electrons. The first kappa shape index (κ1) is 11.0. The average Bonchev–Trinajstić information content (AvgIpc) is 2.76. The standard InChI is InChI=1S/C12H10N4OS/c1-8-2-4-9(5-3-8)18-11-10-14-15-12(17)16(10)7-6-13-11/h2-7H,1H3,(H,15,17). The summed E-state index contributed by atoms with van der Waals surface area (Å²) in [5.74, 6) is 0. The van der Waals surface area contributed by atoms with E-state index < -0.39 is 0 Å². The van der Waals surface area contributed by atoms with E-state index in [1.54, 1.807) is 12.4 Å². The van der Waals surface area contributed by atoms with Gasteiger partial charge in [0, 0.05) is 17.3 Å². The molecule has 18 heavy (non-hydrogen) atoms. The molecule has 5 nitrogen and oxygen atoms in total. The third kappa shape index (κ3) is 1.91. The lowest BCUT2D eigenvalue weighted by molar-refractivity contribution is 0.999. The molecule has 3 aromatic rings. The first-order valence-electron chi connectivity index (χ1n) is 5.40. The zero-order valence-corrected chi connectivity index (χ0v) is 10.4. The van der Waals surface area contributed by atoms with E-state index >= 15 is 0 Å². The Kier molecular flexibility index (Phi) is 2.64. The van der Waals surface area contributed by atoms with Crippen molar-refractivity contribution >= 4 is 17.4 Å². The maximum Gasteiger partial charge on any atom is 0.347 e. The molecule has 0 aliphatic heterocycles. The molecule has 0 bridgehead atoms. The summed E-state index contributed by atoms with van der Waals surface area (Å²) in [7, 11) is 0. The molecule has 90 valence electrons. The van der Waals surface area contributed by atoms with Crippen LogP contribution in [0.4, 0.5) is 0 Å². The molecule has 3 rings (SSSR count). The highest BCUT2D eigenvalue weighted by Crippen LogP contribution is 2.27. The monoisotopic (exact) mass is 258 g/mol. The fourth-order valence-electron chi connectivity index (χ4n) is 1.61. The number of nitrogens with one attached hydrogen (secondary N) is 1. The summed E-state index contributed by atoms with van der Waals surface area (Å²) in [4.78, 5) is 16.8. The second kappa shape index (κ2) is 4.30. The van der Waals surface area contributed by atoms with Crippen molar-refractivity contribution in [2.45, 2.75) is 16.8 Å². The number of aromatic amines is 1. The lowest BCUT2D eigenvalue weighted by Crippen LogP contribution is -2.08. The third-order valence-electron chi connectivity index (χ3n) is 2.54. The van der Waals surface area contributed by atoms with Crippen LogP contribution in [-0.4, -0.2) is 19.6 Å². The number of aromatic nitrogens is 4. The molecule has 0 atom stereocenters. The summed E-state index contributed by atoms with van der Waals surface area (Å²) < 4.78 is 1.45. The third-order valence-corrected chi connectivity index (χ3v) is 3.53. The van der Waals surface area contributed by atoms with Gasteiger partial charge in [-0.1, -0.05) is 29.5 Å². The van der Waals surface area contributed by atoms with Crippen molar-refractivity contribution in [1.82, 2.24) is 19.6 Å². The number of hydrogen-bond acceptors (Lipinski definition) is 4. The molecule has 0 saturated heterocycles. The highest BCUT2D eigenvalue weighted by atomic mass is 32.2. The van der Waals surface area contributed by atoms with Gasteiger partial charge in [0.1, 0.15) is 5.03 Å². The summed E-state index contributed by atoms with van der Waals surface area (Å²) in [6.07, 6.45) is 3.20. The average molecular weight is 258 g/mol. The van der Waals surface area contributed by atoms with Gasteiger partial charge in [-0.25, -0.2) is 19.3 Å². The topological polar surface area (TPSA) is 63.1 Å². The highest BCUT2D eigenvalue weighted by molar-refractivity contribution is 7.99. The zero-order chi connectivity index (χ0) is 12.5. The predicted octanol–water partition coefficient (Wildman–Crippen LogP) is 1.88. The molecular formula is C12H10N4OS. The number of H-pyrrole nitrogens is 1. The van der Waals surface area contributed by atoms with Gasteiger partial charge in [0.25, 0.3) is 0 Å². The minimum atomic E-state index is -0.252. The van der Waals surface area contributed by atoms with E-state index in [1.165, 1.54) is 21.7 Å². The number of fused-ring (bicyclic) bond motifs is 1. The fraction of sp³-hybridized carbons (Fsp3) is 0.0833. The number of hydrogen-bond donors (Lipinski definition) is 1. The second-order valence-corrected chi connectivity index (χ2v) is 4.93. The van der Waals surface area contributed by atoms with Crippen LogP contribution >= 0.6 is 11.8 Å². The van der Waals surface area contributed by atoms with Crippen LogP contribution in [0.5, 0.6) is 0 Å².